The number of ether oxygens (including phenoxy) is 1. The van der Waals surface area contributed by atoms with Gasteiger partial charge in [0, 0.05) is 24.2 Å². The summed E-state index contributed by atoms with van der Waals surface area (Å²) in [5.41, 5.74) is -0.403. The van der Waals surface area contributed by atoms with Crippen LogP contribution in [0, 0.1) is 0 Å². The molecule has 1 N–H and O–H groups in total. The summed E-state index contributed by atoms with van der Waals surface area (Å²) in [6.07, 6.45) is 0.562. The van der Waals surface area contributed by atoms with Gasteiger partial charge in [0.2, 0.25) is 0 Å². The Morgan fingerprint density at radius 2 is 1.71 bits per heavy atom. The van der Waals surface area contributed by atoms with Crippen LogP contribution in [0.2, 0.25) is 0 Å². The molecule has 35 heavy (non-hydrogen) atoms. The van der Waals surface area contributed by atoms with Crippen LogP contribution >= 0.6 is 0 Å². The monoisotopic (exact) mass is 477 g/mol. The van der Waals surface area contributed by atoms with Gasteiger partial charge in [-0.3, -0.25) is 14.4 Å². The van der Waals surface area contributed by atoms with Gasteiger partial charge in [0.25, 0.3) is 17.6 Å². The van der Waals surface area contributed by atoms with Gasteiger partial charge in [0.1, 0.15) is 11.5 Å². The molecule has 2 heterocycles. The number of aliphatic hydroxyl groups excluding tert-OH is 1. The second-order valence-electron chi connectivity index (χ2n) is 8.90. The van der Waals surface area contributed by atoms with Gasteiger partial charge in [0.15, 0.2) is 5.54 Å². The Balaban J connectivity index is 1.95. The number of amides is 2. The summed E-state index contributed by atoms with van der Waals surface area (Å²) in [5, 5.41) is 11.4. The lowest BCUT2D eigenvalue weighted by atomic mass is 9.82. The number of carbonyl (C=O) groups excluding carboxylic acids is 3. The third-order valence-corrected chi connectivity index (χ3v) is 6.55. The van der Waals surface area contributed by atoms with Crippen molar-refractivity contribution in [3.63, 3.8) is 0 Å². The van der Waals surface area contributed by atoms with E-state index in [4.69, 9.17) is 4.74 Å². The molecule has 2 aliphatic heterocycles. The number of hydrogen-bond acceptors (Lipinski definition) is 6. The van der Waals surface area contributed by atoms with Gasteiger partial charge in [-0.05, 0) is 71.2 Å². The highest BCUT2D eigenvalue weighted by molar-refractivity contribution is 6.50. The smallest absolute Gasteiger partial charge is 0.296 e. The Kier molecular flexibility index (Phi) is 6.67. The maximum absolute atomic E-state index is 14.1. The van der Waals surface area contributed by atoms with Crippen LogP contribution in [-0.4, -0.2) is 72.8 Å². The average molecular weight is 478 g/mol. The summed E-state index contributed by atoms with van der Waals surface area (Å²) in [6.45, 7) is 5.43. The van der Waals surface area contributed by atoms with E-state index in [2.05, 4.69) is 0 Å². The van der Waals surface area contributed by atoms with Crippen molar-refractivity contribution < 1.29 is 24.2 Å². The van der Waals surface area contributed by atoms with E-state index in [-0.39, 0.29) is 17.9 Å². The summed E-state index contributed by atoms with van der Waals surface area (Å²) in [5.74, 6) is -1.80. The van der Waals surface area contributed by atoms with E-state index in [1.807, 2.05) is 45.0 Å². The number of nitrogens with zero attached hydrogens (tertiary/aromatic N) is 3. The standard InChI is InChI=1S/C27H31N3O5/c1-5-29-21-11-8-7-10-20(21)27(26(29)34)22(23(31)18-12-14-19(15-13-18)35-6-2)24(32)25(33)30(27)17-9-16-28(3)4/h7-8,10-15,31H,5-6,9,16-17H2,1-4H3/t27-/m1/s1. The molecule has 0 unspecified atom stereocenters. The van der Waals surface area contributed by atoms with Crippen LogP contribution in [0.5, 0.6) is 5.75 Å². The number of hydrogen-bond donors (Lipinski definition) is 1. The number of likely N-dealkylation sites (tertiary alicyclic amines) is 1. The van der Waals surface area contributed by atoms with Crippen molar-refractivity contribution in [1.82, 2.24) is 9.80 Å². The molecule has 2 aromatic rings. The van der Waals surface area contributed by atoms with Gasteiger partial charge in [0.05, 0.1) is 17.9 Å². The lowest BCUT2D eigenvalue weighted by molar-refractivity contribution is -0.143. The number of benzene rings is 2. The minimum Gasteiger partial charge on any atom is -0.507 e. The summed E-state index contributed by atoms with van der Waals surface area (Å²) in [7, 11) is 3.84. The molecule has 2 aromatic carbocycles. The molecular weight excluding hydrogens is 446 g/mol. The third kappa shape index (κ3) is 3.78. The molecule has 1 fully saturated rings. The fraction of sp³-hybridized carbons (Fsp3) is 0.370. The van der Waals surface area contributed by atoms with Crippen LogP contribution in [-0.2, 0) is 19.9 Å². The number of anilines is 1. The van der Waals surface area contributed by atoms with Crippen LogP contribution in [0.25, 0.3) is 5.76 Å². The number of aliphatic hydroxyl groups is 1. The SMILES string of the molecule is CCOc1ccc(C(O)=C2C(=O)C(=O)N(CCCN(C)C)[C@@]23C(=O)N(CC)c2ccccc23)cc1. The molecular formula is C27H31N3O5. The van der Waals surface area contributed by atoms with Crippen LogP contribution < -0.4 is 9.64 Å². The molecule has 0 bridgehead atoms. The summed E-state index contributed by atoms with van der Waals surface area (Å²) < 4.78 is 5.48. The van der Waals surface area contributed by atoms with Crippen LogP contribution in [0.1, 0.15) is 31.4 Å². The largest absolute Gasteiger partial charge is 0.507 e. The number of fused-ring (bicyclic) bond motifs is 2. The number of para-hydroxylation sites is 1. The Bertz CT molecular complexity index is 1190. The summed E-state index contributed by atoms with van der Waals surface area (Å²) in [6, 6.07) is 13.8. The predicted octanol–water partition coefficient (Wildman–Crippen LogP) is 2.98. The molecule has 1 spiro atoms. The predicted molar refractivity (Wildman–Crippen MR) is 133 cm³/mol. The first kappa shape index (κ1) is 24.5. The van der Waals surface area contributed by atoms with Gasteiger partial charge in [-0.2, -0.15) is 0 Å². The normalized spacial score (nSPS) is 20.9. The fourth-order valence-corrected chi connectivity index (χ4v) is 5.05. The Morgan fingerprint density at radius 1 is 1.03 bits per heavy atom. The van der Waals surface area contributed by atoms with E-state index in [1.54, 1.807) is 41.3 Å². The highest BCUT2D eigenvalue weighted by Crippen LogP contribution is 2.53. The van der Waals surface area contributed by atoms with Crippen LogP contribution in [0.15, 0.2) is 54.1 Å². The minimum atomic E-state index is -1.71. The molecule has 1 saturated heterocycles. The van der Waals surface area contributed by atoms with Crippen LogP contribution in [0.3, 0.4) is 0 Å². The maximum Gasteiger partial charge on any atom is 0.296 e. The number of Topliss-reactive ketones (excluding diaryl/α,β-unsaturated/α-hetero) is 1. The number of carbonyl (C=O) groups is 3. The first-order valence-electron chi connectivity index (χ1n) is 11.9. The zero-order valence-electron chi connectivity index (χ0n) is 20.6. The van der Waals surface area contributed by atoms with Crippen molar-refractivity contribution in [2.75, 3.05) is 45.2 Å². The molecule has 0 saturated carbocycles. The lowest BCUT2D eigenvalue weighted by Gasteiger charge is -2.34. The first-order chi connectivity index (χ1) is 16.8. The van der Waals surface area contributed by atoms with E-state index >= 15 is 0 Å². The number of likely N-dealkylation sites (N-methyl/N-ethyl adjacent to an activating group) is 1. The van der Waals surface area contributed by atoms with Gasteiger partial charge in [-0.1, -0.05) is 18.2 Å². The zero-order valence-corrected chi connectivity index (χ0v) is 20.6. The lowest BCUT2D eigenvalue weighted by Crippen LogP contribution is -2.52. The van der Waals surface area contributed by atoms with Crippen molar-refractivity contribution in [2.45, 2.75) is 25.8 Å². The van der Waals surface area contributed by atoms with Crippen molar-refractivity contribution in [3.8, 4) is 5.75 Å². The molecule has 8 heteroatoms. The second-order valence-corrected chi connectivity index (χ2v) is 8.90. The van der Waals surface area contributed by atoms with Crippen molar-refractivity contribution in [1.29, 1.82) is 0 Å². The van der Waals surface area contributed by atoms with Crippen molar-refractivity contribution in [3.05, 3.63) is 65.2 Å². The van der Waals surface area contributed by atoms with E-state index < -0.39 is 23.1 Å². The van der Waals surface area contributed by atoms with E-state index in [9.17, 15) is 19.5 Å². The molecule has 2 amide bonds. The molecule has 0 radical (unpaired) electrons. The topological polar surface area (TPSA) is 90.4 Å². The Hall–Kier alpha value is -3.65. The first-order valence-corrected chi connectivity index (χ1v) is 11.9. The highest BCUT2D eigenvalue weighted by atomic mass is 16.5. The zero-order chi connectivity index (χ0) is 25.3. The molecule has 2 aliphatic rings. The summed E-state index contributed by atoms with van der Waals surface area (Å²) >= 11 is 0. The van der Waals surface area contributed by atoms with Crippen molar-refractivity contribution in [2.24, 2.45) is 0 Å². The summed E-state index contributed by atoms with van der Waals surface area (Å²) in [4.78, 5) is 45.9. The maximum atomic E-state index is 14.1. The van der Waals surface area contributed by atoms with E-state index in [1.165, 1.54) is 4.90 Å². The molecule has 8 nitrogen and oxygen atoms in total. The number of rotatable bonds is 8. The highest BCUT2D eigenvalue weighted by Gasteiger charge is 2.66. The minimum absolute atomic E-state index is 0.190. The second kappa shape index (κ2) is 9.54. The van der Waals surface area contributed by atoms with Gasteiger partial charge >= 0.3 is 0 Å². The Morgan fingerprint density at radius 3 is 2.34 bits per heavy atom. The average Bonchev–Trinajstić information content (AvgIpc) is 3.22. The van der Waals surface area contributed by atoms with Crippen molar-refractivity contribution >= 4 is 29.0 Å². The van der Waals surface area contributed by atoms with Crippen LogP contribution in [0.4, 0.5) is 5.69 Å². The quantitative estimate of drug-likeness (QED) is 0.357. The molecule has 184 valence electrons. The molecule has 0 aromatic heterocycles. The molecule has 4 rings (SSSR count). The fourth-order valence-electron chi connectivity index (χ4n) is 5.05. The third-order valence-electron chi connectivity index (χ3n) is 6.55. The molecule has 1 atom stereocenters. The van der Waals surface area contributed by atoms with Gasteiger partial charge in [-0.15, -0.1) is 0 Å². The molecule has 0 aliphatic carbocycles. The van der Waals surface area contributed by atoms with E-state index in [0.29, 0.717) is 48.7 Å². The van der Waals surface area contributed by atoms with E-state index in [0.717, 1.165) is 0 Å². The van der Waals surface area contributed by atoms with Gasteiger partial charge in [-0.25, -0.2) is 0 Å². The Labute approximate surface area is 205 Å². The van der Waals surface area contributed by atoms with Gasteiger partial charge < -0.3 is 24.5 Å². The number of ketones is 1.